The molecule has 6 heteroatoms. The first-order chi connectivity index (χ1) is 9.66. The van der Waals surface area contributed by atoms with E-state index in [0.29, 0.717) is 13.1 Å². The summed E-state index contributed by atoms with van der Waals surface area (Å²) in [4.78, 5) is 30.1. The molecule has 2 amide bonds. The van der Waals surface area contributed by atoms with Crippen molar-refractivity contribution in [3.63, 3.8) is 0 Å². The Bertz CT molecular complexity index is 451. The van der Waals surface area contributed by atoms with Crippen LogP contribution >= 0.6 is 0 Å². The predicted octanol–water partition coefficient (Wildman–Crippen LogP) is 0.267. The Kier molecular flexibility index (Phi) is 5.06. The molecule has 0 saturated heterocycles. The molecule has 2 heterocycles. The van der Waals surface area contributed by atoms with E-state index in [2.05, 4.69) is 20.5 Å². The van der Waals surface area contributed by atoms with Gasteiger partial charge in [-0.3, -0.25) is 9.59 Å². The van der Waals surface area contributed by atoms with Crippen molar-refractivity contribution in [1.29, 1.82) is 0 Å². The molecule has 1 aromatic rings. The van der Waals surface area contributed by atoms with Crippen molar-refractivity contribution in [2.75, 3.05) is 33.2 Å². The molecule has 1 aliphatic rings. The van der Waals surface area contributed by atoms with Gasteiger partial charge in [0, 0.05) is 13.1 Å². The second kappa shape index (κ2) is 7.00. The number of hydrogen-bond donors (Lipinski definition) is 2. The number of aromatic nitrogens is 1. The first-order valence-electron chi connectivity index (χ1n) is 6.89. The number of nitrogens with zero attached hydrogens (tertiary/aromatic N) is 2. The van der Waals surface area contributed by atoms with Gasteiger partial charge in [-0.15, -0.1) is 0 Å². The van der Waals surface area contributed by atoms with E-state index < -0.39 is 0 Å². The number of amides is 2. The Labute approximate surface area is 118 Å². The summed E-state index contributed by atoms with van der Waals surface area (Å²) >= 11 is 0. The van der Waals surface area contributed by atoms with Gasteiger partial charge in [0.05, 0.1) is 0 Å². The van der Waals surface area contributed by atoms with Crippen molar-refractivity contribution in [1.82, 2.24) is 20.5 Å². The van der Waals surface area contributed by atoms with E-state index in [0.717, 1.165) is 25.9 Å². The molecule has 0 aliphatic carbocycles. The highest BCUT2D eigenvalue weighted by molar-refractivity contribution is 5.96. The molecule has 6 nitrogen and oxygen atoms in total. The molecule has 1 aliphatic heterocycles. The van der Waals surface area contributed by atoms with Crippen LogP contribution in [-0.2, 0) is 0 Å². The van der Waals surface area contributed by atoms with Crippen molar-refractivity contribution >= 4 is 11.8 Å². The van der Waals surface area contributed by atoms with Crippen molar-refractivity contribution in [2.24, 2.45) is 0 Å². The Hall–Kier alpha value is -1.95. The number of carbonyl (C=O) groups excluding carboxylic acids is 2. The van der Waals surface area contributed by atoms with Gasteiger partial charge in [0.25, 0.3) is 11.8 Å². The van der Waals surface area contributed by atoms with E-state index in [-0.39, 0.29) is 23.2 Å². The third-order valence-electron chi connectivity index (χ3n) is 3.22. The van der Waals surface area contributed by atoms with Crippen molar-refractivity contribution < 1.29 is 9.59 Å². The standard InChI is InChI=1S/C14H20N4O2/c1-18-9-3-7-15-13(19)11-5-2-6-12(17-11)14(20)16-8-4-10-18/h2,5-6H,3-4,7-10H2,1H3,(H,15,19)(H,16,20). The summed E-state index contributed by atoms with van der Waals surface area (Å²) in [7, 11) is 2.04. The Balaban J connectivity index is 2.12. The van der Waals surface area contributed by atoms with E-state index in [4.69, 9.17) is 0 Å². The fourth-order valence-corrected chi connectivity index (χ4v) is 2.08. The average Bonchev–Trinajstić information content (AvgIpc) is 2.47. The van der Waals surface area contributed by atoms with Crippen LogP contribution in [0.25, 0.3) is 0 Å². The minimum atomic E-state index is -0.237. The van der Waals surface area contributed by atoms with Crippen LogP contribution in [0.5, 0.6) is 0 Å². The van der Waals surface area contributed by atoms with E-state index in [1.807, 2.05) is 7.05 Å². The second-order valence-electron chi connectivity index (χ2n) is 4.93. The summed E-state index contributed by atoms with van der Waals surface area (Å²) in [5, 5.41) is 5.64. The predicted molar refractivity (Wildman–Crippen MR) is 75.6 cm³/mol. The monoisotopic (exact) mass is 276 g/mol. The molecule has 0 spiro atoms. The first kappa shape index (κ1) is 14.5. The van der Waals surface area contributed by atoms with E-state index in [1.54, 1.807) is 18.2 Å². The second-order valence-corrected chi connectivity index (χ2v) is 4.93. The first-order valence-corrected chi connectivity index (χ1v) is 6.89. The molecule has 2 bridgehead atoms. The Morgan fingerprint density at radius 1 is 1.00 bits per heavy atom. The van der Waals surface area contributed by atoms with Crippen molar-refractivity contribution in [3.05, 3.63) is 29.6 Å². The molecule has 108 valence electrons. The summed E-state index contributed by atoms with van der Waals surface area (Å²) in [6.45, 7) is 3.06. The fourth-order valence-electron chi connectivity index (χ4n) is 2.08. The van der Waals surface area contributed by atoms with Gasteiger partial charge in [-0.05, 0) is 45.1 Å². The van der Waals surface area contributed by atoms with Gasteiger partial charge < -0.3 is 15.5 Å². The van der Waals surface area contributed by atoms with E-state index in [1.165, 1.54) is 0 Å². The summed E-state index contributed by atoms with van der Waals surface area (Å²) in [5.74, 6) is -0.473. The van der Waals surface area contributed by atoms with Crippen LogP contribution in [0.3, 0.4) is 0 Å². The van der Waals surface area contributed by atoms with E-state index in [9.17, 15) is 9.59 Å². The zero-order valence-electron chi connectivity index (χ0n) is 11.7. The van der Waals surface area contributed by atoms with Gasteiger partial charge in [0.1, 0.15) is 11.4 Å². The van der Waals surface area contributed by atoms with Crippen molar-refractivity contribution in [2.45, 2.75) is 12.8 Å². The lowest BCUT2D eigenvalue weighted by atomic mass is 10.2. The highest BCUT2D eigenvalue weighted by Crippen LogP contribution is 2.01. The lowest BCUT2D eigenvalue weighted by molar-refractivity contribution is 0.0941. The number of fused-ring (bicyclic) bond motifs is 2. The highest BCUT2D eigenvalue weighted by Gasteiger charge is 2.12. The zero-order chi connectivity index (χ0) is 14.4. The van der Waals surface area contributed by atoms with Gasteiger partial charge in [-0.2, -0.15) is 0 Å². The number of carbonyl (C=O) groups is 2. The summed E-state index contributed by atoms with van der Waals surface area (Å²) in [6, 6.07) is 4.91. The molecule has 0 saturated carbocycles. The maximum Gasteiger partial charge on any atom is 0.269 e. The SMILES string of the molecule is CN1CCCNC(=O)c2cccc(n2)C(=O)NCCC1. The molecule has 2 N–H and O–H groups in total. The number of hydrogen-bond acceptors (Lipinski definition) is 4. The molecule has 0 atom stereocenters. The maximum atomic E-state index is 11.9. The maximum absolute atomic E-state index is 11.9. The Morgan fingerprint density at radius 3 is 2.00 bits per heavy atom. The summed E-state index contributed by atoms with van der Waals surface area (Å²) in [5.41, 5.74) is 0.561. The number of rotatable bonds is 0. The third kappa shape index (κ3) is 4.03. The lowest BCUT2D eigenvalue weighted by Gasteiger charge is -2.17. The average molecular weight is 276 g/mol. The van der Waals surface area contributed by atoms with Gasteiger partial charge in [0.2, 0.25) is 0 Å². The zero-order valence-corrected chi connectivity index (χ0v) is 11.7. The van der Waals surface area contributed by atoms with Crippen LogP contribution in [-0.4, -0.2) is 54.9 Å². The molecule has 0 unspecified atom stereocenters. The summed E-state index contributed by atoms with van der Waals surface area (Å²) < 4.78 is 0. The highest BCUT2D eigenvalue weighted by atomic mass is 16.2. The lowest BCUT2D eigenvalue weighted by Crippen LogP contribution is -2.33. The fraction of sp³-hybridized carbons (Fsp3) is 0.500. The topological polar surface area (TPSA) is 74.3 Å². The quantitative estimate of drug-likeness (QED) is 0.713. The van der Waals surface area contributed by atoms with Gasteiger partial charge in [0.15, 0.2) is 0 Å². The van der Waals surface area contributed by atoms with Gasteiger partial charge in [-0.25, -0.2) is 4.98 Å². The smallest absolute Gasteiger partial charge is 0.269 e. The largest absolute Gasteiger partial charge is 0.351 e. The molecule has 0 fully saturated rings. The van der Waals surface area contributed by atoms with Crippen LogP contribution < -0.4 is 10.6 Å². The molecule has 1 aromatic heterocycles. The van der Waals surface area contributed by atoms with Crippen LogP contribution in [0.1, 0.15) is 33.8 Å². The number of nitrogens with one attached hydrogen (secondary N) is 2. The van der Waals surface area contributed by atoms with Crippen LogP contribution in [0.4, 0.5) is 0 Å². The molecule has 2 rings (SSSR count). The minimum absolute atomic E-state index is 0.237. The Morgan fingerprint density at radius 2 is 1.50 bits per heavy atom. The van der Waals surface area contributed by atoms with Crippen molar-refractivity contribution in [3.8, 4) is 0 Å². The molecular weight excluding hydrogens is 256 g/mol. The van der Waals surface area contributed by atoms with Crippen LogP contribution in [0, 0.1) is 0 Å². The minimum Gasteiger partial charge on any atom is -0.351 e. The van der Waals surface area contributed by atoms with Crippen LogP contribution in [0.2, 0.25) is 0 Å². The van der Waals surface area contributed by atoms with E-state index >= 15 is 0 Å². The molecule has 20 heavy (non-hydrogen) atoms. The molecule has 0 aromatic carbocycles. The normalized spacial score (nSPS) is 18.9. The summed E-state index contributed by atoms with van der Waals surface area (Å²) in [6.07, 6.45) is 1.79. The van der Waals surface area contributed by atoms with Gasteiger partial charge in [-0.1, -0.05) is 6.07 Å². The van der Waals surface area contributed by atoms with Gasteiger partial charge >= 0.3 is 0 Å². The molecular formula is C14H20N4O2. The van der Waals surface area contributed by atoms with Crippen LogP contribution in [0.15, 0.2) is 18.2 Å². The third-order valence-corrected chi connectivity index (χ3v) is 3.22. The number of pyridine rings is 1. The molecule has 0 radical (unpaired) electrons.